The van der Waals surface area contributed by atoms with Crippen molar-refractivity contribution >= 4 is 17.0 Å². The van der Waals surface area contributed by atoms with Crippen LogP contribution in [0, 0.1) is 0 Å². The Bertz CT molecular complexity index is 1010. The fourth-order valence-electron chi connectivity index (χ4n) is 2.56. The number of rotatable bonds is 4. The first kappa shape index (κ1) is 15.1. The van der Waals surface area contributed by atoms with Crippen LogP contribution in [0.25, 0.3) is 22.6 Å². The Kier molecular flexibility index (Phi) is 3.96. The number of oxazole rings is 1. The molecule has 0 saturated heterocycles. The maximum absolute atomic E-state index is 12.4. The summed E-state index contributed by atoms with van der Waals surface area (Å²) in [5, 5.41) is 2.91. The molecule has 2 aromatic carbocycles. The Labute approximate surface area is 144 Å². The number of aromatic nitrogens is 2. The van der Waals surface area contributed by atoms with E-state index in [0.717, 1.165) is 11.1 Å². The van der Waals surface area contributed by atoms with E-state index in [-0.39, 0.29) is 5.91 Å². The van der Waals surface area contributed by atoms with Gasteiger partial charge < -0.3 is 9.73 Å². The lowest BCUT2D eigenvalue weighted by Crippen LogP contribution is -2.22. The molecule has 1 amide bonds. The van der Waals surface area contributed by atoms with E-state index in [0.29, 0.717) is 29.1 Å². The summed E-state index contributed by atoms with van der Waals surface area (Å²) in [5.41, 5.74) is 3.74. The van der Waals surface area contributed by atoms with E-state index in [1.165, 1.54) is 0 Å². The molecule has 2 aromatic heterocycles. The van der Waals surface area contributed by atoms with E-state index < -0.39 is 0 Å². The average molecular weight is 329 g/mol. The molecule has 0 aliphatic rings. The number of carbonyl (C=O) groups excluding carboxylic acids is 1. The standard InChI is InChI=1S/C20H15N3O2/c24-19(22-13-14-4-2-1-3-5-14)16-6-7-17-18(12-16)25-20(23-17)15-8-10-21-11-9-15/h1-12H,13H2,(H,22,24). The van der Waals surface area contributed by atoms with Gasteiger partial charge in [0.25, 0.3) is 5.91 Å². The highest BCUT2D eigenvalue weighted by Crippen LogP contribution is 2.24. The zero-order valence-electron chi connectivity index (χ0n) is 13.3. The molecule has 0 saturated carbocycles. The third-order valence-corrected chi connectivity index (χ3v) is 3.87. The van der Waals surface area contributed by atoms with E-state index in [2.05, 4.69) is 15.3 Å². The van der Waals surface area contributed by atoms with E-state index in [1.54, 1.807) is 30.6 Å². The van der Waals surface area contributed by atoms with E-state index in [4.69, 9.17) is 4.42 Å². The SMILES string of the molecule is O=C(NCc1ccccc1)c1ccc2nc(-c3ccncc3)oc2c1. The summed E-state index contributed by atoms with van der Waals surface area (Å²) in [7, 11) is 0. The minimum atomic E-state index is -0.146. The van der Waals surface area contributed by atoms with Crippen LogP contribution in [0.15, 0.2) is 77.5 Å². The van der Waals surface area contributed by atoms with Gasteiger partial charge in [0.15, 0.2) is 5.58 Å². The van der Waals surface area contributed by atoms with Crippen molar-refractivity contribution in [3.8, 4) is 11.5 Å². The molecule has 1 N–H and O–H groups in total. The fourth-order valence-corrected chi connectivity index (χ4v) is 2.56. The van der Waals surface area contributed by atoms with Gasteiger partial charge in [-0.3, -0.25) is 9.78 Å². The highest BCUT2D eigenvalue weighted by molar-refractivity contribution is 5.97. The Hall–Kier alpha value is -3.47. The van der Waals surface area contributed by atoms with Crippen molar-refractivity contribution in [1.29, 1.82) is 0 Å². The molecule has 0 bridgehead atoms. The lowest BCUT2D eigenvalue weighted by atomic mass is 10.2. The van der Waals surface area contributed by atoms with Crippen molar-refractivity contribution < 1.29 is 9.21 Å². The topological polar surface area (TPSA) is 68.0 Å². The predicted octanol–water partition coefficient (Wildman–Crippen LogP) is 3.82. The molecule has 4 rings (SSSR count). The number of carbonyl (C=O) groups is 1. The molecule has 25 heavy (non-hydrogen) atoms. The second-order valence-corrected chi connectivity index (χ2v) is 5.61. The largest absolute Gasteiger partial charge is 0.436 e. The number of fused-ring (bicyclic) bond motifs is 1. The highest BCUT2D eigenvalue weighted by atomic mass is 16.3. The number of nitrogens with one attached hydrogen (secondary N) is 1. The first-order chi connectivity index (χ1) is 12.3. The van der Waals surface area contributed by atoms with Crippen molar-refractivity contribution in [2.75, 3.05) is 0 Å². The van der Waals surface area contributed by atoms with Crippen molar-refractivity contribution in [2.24, 2.45) is 0 Å². The molecule has 0 unspecified atom stereocenters. The molecule has 0 radical (unpaired) electrons. The van der Waals surface area contributed by atoms with E-state index >= 15 is 0 Å². The molecule has 0 atom stereocenters. The van der Waals surface area contributed by atoms with Gasteiger partial charge in [0.1, 0.15) is 5.52 Å². The van der Waals surface area contributed by atoms with Crippen LogP contribution in [0.4, 0.5) is 0 Å². The lowest BCUT2D eigenvalue weighted by Gasteiger charge is -2.05. The van der Waals surface area contributed by atoms with Crippen molar-refractivity contribution in [3.05, 3.63) is 84.2 Å². The monoisotopic (exact) mass is 329 g/mol. The lowest BCUT2D eigenvalue weighted by molar-refractivity contribution is 0.0951. The van der Waals surface area contributed by atoms with E-state index in [9.17, 15) is 4.79 Å². The van der Waals surface area contributed by atoms with Crippen LogP contribution in [0.2, 0.25) is 0 Å². The second kappa shape index (κ2) is 6.57. The van der Waals surface area contributed by atoms with Gasteiger partial charge in [0, 0.05) is 30.1 Å². The number of benzene rings is 2. The predicted molar refractivity (Wildman–Crippen MR) is 94.9 cm³/mol. The zero-order valence-corrected chi connectivity index (χ0v) is 13.3. The molecular weight excluding hydrogens is 314 g/mol. The summed E-state index contributed by atoms with van der Waals surface area (Å²) in [6, 6.07) is 18.7. The van der Waals surface area contributed by atoms with Gasteiger partial charge in [-0.2, -0.15) is 0 Å². The Balaban J connectivity index is 1.55. The van der Waals surface area contributed by atoms with Gasteiger partial charge in [-0.05, 0) is 35.9 Å². The Morgan fingerprint density at radius 3 is 2.60 bits per heavy atom. The van der Waals surface area contributed by atoms with Crippen LogP contribution in [-0.4, -0.2) is 15.9 Å². The van der Waals surface area contributed by atoms with Crippen molar-refractivity contribution in [2.45, 2.75) is 6.54 Å². The van der Waals surface area contributed by atoms with Gasteiger partial charge in [0.05, 0.1) is 0 Å². The minimum Gasteiger partial charge on any atom is -0.436 e. The first-order valence-electron chi connectivity index (χ1n) is 7.93. The summed E-state index contributed by atoms with van der Waals surface area (Å²) in [6.07, 6.45) is 3.37. The molecule has 2 heterocycles. The van der Waals surface area contributed by atoms with E-state index in [1.807, 2.05) is 42.5 Å². The smallest absolute Gasteiger partial charge is 0.251 e. The normalized spacial score (nSPS) is 10.7. The summed E-state index contributed by atoms with van der Waals surface area (Å²) < 4.78 is 5.79. The molecule has 4 aromatic rings. The van der Waals surface area contributed by atoms with Gasteiger partial charge in [0.2, 0.25) is 5.89 Å². The summed E-state index contributed by atoms with van der Waals surface area (Å²) in [6.45, 7) is 0.483. The molecule has 0 aliphatic heterocycles. The maximum atomic E-state index is 12.4. The summed E-state index contributed by atoms with van der Waals surface area (Å²) in [4.78, 5) is 20.8. The molecule has 122 valence electrons. The third kappa shape index (κ3) is 3.26. The van der Waals surface area contributed by atoms with Crippen molar-refractivity contribution in [3.63, 3.8) is 0 Å². The minimum absolute atomic E-state index is 0.146. The van der Waals surface area contributed by atoms with Gasteiger partial charge in [-0.25, -0.2) is 4.98 Å². The zero-order chi connectivity index (χ0) is 17.1. The molecule has 0 spiro atoms. The van der Waals surface area contributed by atoms with Crippen molar-refractivity contribution in [1.82, 2.24) is 15.3 Å². The summed E-state index contributed by atoms with van der Waals surface area (Å²) >= 11 is 0. The number of hydrogen-bond donors (Lipinski definition) is 1. The number of hydrogen-bond acceptors (Lipinski definition) is 4. The maximum Gasteiger partial charge on any atom is 0.251 e. The Morgan fingerprint density at radius 1 is 1.00 bits per heavy atom. The number of nitrogens with zero attached hydrogens (tertiary/aromatic N) is 2. The van der Waals surface area contributed by atoms with Crippen LogP contribution < -0.4 is 5.32 Å². The van der Waals surface area contributed by atoms with Crippen LogP contribution in [0.5, 0.6) is 0 Å². The molecule has 5 nitrogen and oxygen atoms in total. The number of pyridine rings is 1. The summed E-state index contributed by atoms with van der Waals surface area (Å²) in [5.74, 6) is 0.367. The second-order valence-electron chi connectivity index (χ2n) is 5.61. The quantitative estimate of drug-likeness (QED) is 0.618. The third-order valence-electron chi connectivity index (χ3n) is 3.87. The van der Waals surface area contributed by atoms with Crippen LogP contribution in [0.1, 0.15) is 15.9 Å². The number of amides is 1. The Morgan fingerprint density at radius 2 is 1.80 bits per heavy atom. The van der Waals surface area contributed by atoms with Crippen LogP contribution in [0.3, 0.4) is 0 Å². The molecule has 0 aliphatic carbocycles. The first-order valence-corrected chi connectivity index (χ1v) is 7.93. The fraction of sp³-hybridized carbons (Fsp3) is 0.0500. The molecule has 0 fully saturated rings. The highest BCUT2D eigenvalue weighted by Gasteiger charge is 2.11. The average Bonchev–Trinajstić information content (AvgIpc) is 3.11. The van der Waals surface area contributed by atoms with Gasteiger partial charge >= 0.3 is 0 Å². The molecular formula is C20H15N3O2. The van der Waals surface area contributed by atoms with Crippen LogP contribution >= 0.6 is 0 Å². The van der Waals surface area contributed by atoms with Crippen LogP contribution in [-0.2, 0) is 6.54 Å². The van der Waals surface area contributed by atoms with Gasteiger partial charge in [-0.1, -0.05) is 30.3 Å². The van der Waals surface area contributed by atoms with Gasteiger partial charge in [-0.15, -0.1) is 0 Å². The molecule has 5 heteroatoms.